The molecule has 3 heterocycles. The second-order valence-electron chi connectivity index (χ2n) is 14.9. The molecule has 0 saturated carbocycles. The maximum atomic E-state index is 6.28. The van der Waals surface area contributed by atoms with E-state index in [1.54, 1.807) is 0 Å². The molecule has 5 heteroatoms. The van der Waals surface area contributed by atoms with Gasteiger partial charge in [-0.15, -0.1) is 0 Å². The third-order valence-corrected chi connectivity index (χ3v) is 11.6. The molecule has 12 aromatic rings. The molecule has 0 N–H and O–H groups in total. The minimum atomic E-state index is 0.616. The van der Waals surface area contributed by atoms with E-state index in [1.165, 1.54) is 27.1 Å². The van der Waals surface area contributed by atoms with Crippen LogP contribution >= 0.6 is 0 Å². The first kappa shape index (κ1) is 33.2. The predicted molar refractivity (Wildman–Crippen MR) is 242 cm³/mol. The van der Waals surface area contributed by atoms with Crippen molar-refractivity contribution in [1.82, 2.24) is 19.9 Å². The third-order valence-electron chi connectivity index (χ3n) is 11.6. The molecule has 0 amide bonds. The number of fused-ring (bicyclic) bond motifs is 9. The molecule has 9 aromatic carbocycles. The quantitative estimate of drug-likeness (QED) is 0.164. The average molecular weight is 753 g/mol. The molecule has 0 saturated heterocycles. The van der Waals surface area contributed by atoms with Crippen molar-refractivity contribution in [1.29, 1.82) is 0 Å². The van der Waals surface area contributed by atoms with Crippen molar-refractivity contribution >= 4 is 65.2 Å². The van der Waals surface area contributed by atoms with Gasteiger partial charge in [-0.05, 0) is 84.9 Å². The Morgan fingerprint density at radius 1 is 0.322 bits per heavy atom. The molecule has 0 bridgehead atoms. The second kappa shape index (κ2) is 13.3. The number of hydrogen-bond donors (Lipinski definition) is 0. The molecule has 274 valence electrons. The Hall–Kier alpha value is -8.02. The predicted octanol–water partition coefficient (Wildman–Crippen LogP) is 14.1. The Labute approximate surface area is 338 Å². The second-order valence-corrected chi connectivity index (χ2v) is 14.9. The maximum Gasteiger partial charge on any atom is 0.164 e. The number of rotatable bonds is 5. The van der Waals surface area contributed by atoms with Gasteiger partial charge in [0.2, 0.25) is 0 Å². The highest BCUT2D eigenvalue weighted by Crippen LogP contribution is 2.42. The fraction of sp³-hybridized carbons (Fsp3) is 0. The van der Waals surface area contributed by atoms with Gasteiger partial charge in [0, 0.05) is 39.0 Å². The van der Waals surface area contributed by atoms with Gasteiger partial charge in [0.05, 0.1) is 5.52 Å². The van der Waals surface area contributed by atoms with Crippen molar-refractivity contribution in [3.05, 3.63) is 194 Å². The van der Waals surface area contributed by atoms with Crippen LogP contribution in [-0.4, -0.2) is 19.9 Å². The van der Waals surface area contributed by atoms with Gasteiger partial charge >= 0.3 is 0 Å². The van der Waals surface area contributed by atoms with Gasteiger partial charge in [-0.3, -0.25) is 4.98 Å². The summed E-state index contributed by atoms with van der Waals surface area (Å²) < 4.78 is 6.28. The van der Waals surface area contributed by atoms with Gasteiger partial charge in [-0.25, -0.2) is 15.0 Å². The summed E-state index contributed by atoms with van der Waals surface area (Å²) in [4.78, 5) is 20.1. The molecule has 0 aliphatic carbocycles. The molecule has 5 nitrogen and oxygen atoms in total. The lowest BCUT2D eigenvalue weighted by atomic mass is 9.91. The molecular formula is C54H32N4O. The Balaban J connectivity index is 1.00. The summed E-state index contributed by atoms with van der Waals surface area (Å²) >= 11 is 0. The smallest absolute Gasteiger partial charge is 0.164 e. The Bertz CT molecular complexity index is 3610. The van der Waals surface area contributed by atoms with Gasteiger partial charge < -0.3 is 4.42 Å². The topological polar surface area (TPSA) is 64.7 Å². The molecule has 0 aliphatic heterocycles. The number of hydrogen-bond acceptors (Lipinski definition) is 5. The van der Waals surface area contributed by atoms with Crippen LogP contribution in [-0.2, 0) is 0 Å². The van der Waals surface area contributed by atoms with E-state index in [-0.39, 0.29) is 0 Å². The molecule has 0 radical (unpaired) electrons. The zero-order valence-electron chi connectivity index (χ0n) is 31.7. The average Bonchev–Trinajstić information content (AvgIpc) is 3.70. The molecule has 12 rings (SSSR count). The molecule has 0 spiro atoms. The first-order valence-corrected chi connectivity index (χ1v) is 19.8. The molecule has 3 aromatic heterocycles. The van der Waals surface area contributed by atoms with E-state index >= 15 is 0 Å². The molecule has 0 atom stereocenters. The van der Waals surface area contributed by atoms with Crippen molar-refractivity contribution in [3.8, 4) is 56.4 Å². The highest BCUT2D eigenvalue weighted by Gasteiger charge is 2.19. The van der Waals surface area contributed by atoms with Crippen LogP contribution < -0.4 is 0 Å². The Kier molecular flexibility index (Phi) is 7.47. The van der Waals surface area contributed by atoms with Gasteiger partial charge in [-0.2, -0.15) is 0 Å². The van der Waals surface area contributed by atoms with Crippen molar-refractivity contribution in [2.75, 3.05) is 0 Å². The van der Waals surface area contributed by atoms with Crippen LogP contribution in [0, 0.1) is 0 Å². The number of aromatic nitrogens is 4. The Morgan fingerprint density at radius 2 is 0.898 bits per heavy atom. The largest absolute Gasteiger partial charge is 0.456 e. The highest BCUT2D eigenvalue weighted by atomic mass is 16.3. The van der Waals surface area contributed by atoms with Crippen LogP contribution in [0.4, 0.5) is 0 Å². The number of benzene rings is 9. The van der Waals surface area contributed by atoms with Gasteiger partial charge in [0.1, 0.15) is 11.2 Å². The molecular weight excluding hydrogens is 721 g/mol. The summed E-state index contributed by atoms with van der Waals surface area (Å²) in [6.07, 6.45) is 1.86. The van der Waals surface area contributed by atoms with E-state index in [0.29, 0.717) is 17.5 Å². The van der Waals surface area contributed by atoms with Gasteiger partial charge in [0.25, 0.3) is 0 Å². The SMILES string of the molecule is c1ccc(-c2nc(-c3ccc(-c4cc5ccc6ncccc6c5c5ccccc45)cc3)nc(-c3cccc4c(-c5cccc6oc7ccccc7c56)cccc34)n2)cc1. The summed E-state index contributed by atoms with van der Waals surface area (Å²) in [5, 5.41) is 10.4. The monoisotopic (exact) mass is 752 g/mol. The normalized spacial score (nSPS) is 11.7. The summed E-state index contributed by atoms with van der Waals surface area (Å²) in [5.74, 6) is 1.86. The lowest BCUT2D eigenvalue weighted by molar-refractivity contribution is 0.669. The fourth-order valence-corrected chi connectivity index (χ4v) is 8.88. The first-order chi connectivity index (χ1) is 29.2. The lowest BCUT2D eigenvalue weighted by Gasteiger charge is -2.14. The fourth-order valence-electron chi connectivity index (χ4n) is 8.88. The zero-order valence-corrected chi connectivity index (χ0v) is 31.7. The van der Waals surface area contributed by atoms with Crippen LogP contribution in [0.25, 0.3) is 122 Å². The van der Waals surface area contributed by atoms with Crippen molar-refractivity contribution in [3.63, 3.8) is 0 Å². The minimum absolute atomic E-state index is 0.616. The van der Waals surface area contributed by atoms with Crippen LogP contribution in [0.15, 0.2) is 199 Å². The maximum absolute atomic E-state index is 6.28. The zero-order chi connectivity index (χ0) is 38.9. The number of para-hydroxylation sites is 1. The van der Waals surface area contributed by atoms with Gasteiger partial charge in [0.15, 0.2) is 17.5 Å². The van der Waals surface area contributed by atoms with E-state index < -0.39 is 0 Å². The van der Waals surface area contributed by atoms with E-state index in [9.17, 15) is 0 Å². The highest BCUT2D eigenvalue weighted by molar-refractivity contribution is 6.23. The van der Waals surface area contributed by atoms with Gasteiger partial charge in [-0.1, -0.05) is 158 Å². The molecule has 59 heavy (non-hydrogen) atoms. The minimum Gasteiger partial charge on any atom is -0.456 e. The third kappa shape index (κ3) is 5.40. The van der Waals surface area contributed by atoms with Crippen LogP contribution in [0.3, 0.4) is 0 Å². The number of furan rings is 1. The molecule has 0 fully saturated rings. The Morgan fingerprint density at radius 3 is 1.73 bits per heavy atom. The molecule has 0 unspecified atom stereocenters. The lowest BCUT2D eigenvalue weighted by Crippen LogP contribution is -2.00. The summed E-state index contributed by atoms with van der Waals surface area (Å²) in [6.45, 7) is 0. The van der Waals surface area contributed by atoms with Crippen LogP contribution in [0.1, 0.15) is 0 Å². The summed E-state index contributed by atoms with van der Waals surface area (Å²) in [5.41, 5.74) is 10.1. The van der Waals surface area contributed by atoms with E-state index in [2.05, 4.69) is 138 Å². The molecule has 0 aliphatic rings. The number of nitrogens with zero attached hydrogens (tertiary/aromatic N) is 4. The van der Waals surface area contributed by atoms with Crippen molar-refractivity contribution < 1.29 is 4.42 Å². The van der Waals surface area contributed by atoms with E-state index in [1.807, 2.05) is 60.8 Å². The first-order valence-electron chi connectivity index (χ1n) is 19.8. The van der Waals surface area contributed by atoms with Crippen LogP contribution in [0.5, 0.6) is 0 Å². The standard InChI is InChI=1S/C54H32N4O/c1-2-12-34(13-3-1)52-56-53(35-27-25-33(26-28-35)46-32-36-29-30-47-44(22-11-31-55-47)50(36)41-15-5-4-14-40(41)46)58-54(57-52)43-21-9-17-37-38(18-8-19-39(37)43)42-20-10-24-49-51(42)45-16-6-7-23-48(45)59-49/h1-32H. The summed E-state index contributed by atoms with van der Waals surface area (Å²) in [7, 11) is 0. The van der Waals surface area contributed by atoms with Crippen molar-refractivity contribution in [2.45, 2.75) is 0 Å². The summed E-state index contributed by atoms with van der Waals surface area (Å²) in [6, 6.07) is 65.6. The van der Waals surface area contributed by atoms with Crippen molar-refractivity contribution in [2.24, 2.45) is 0 Å². The van der Waals surface area contributed by atoms with E-state index in [0.717, 1.165) is 77.0 Å². The number of pyridine rings is 1. The van der Waals surface area contributed by atoms with Crippen LogP contribution in [0.2, 0.25) is 0 Å². The van der Waals surface area contributed by atoms with E-state index in [4.69, 9.17) is 19.4 Å².